The fourth-order valence-corrected chi connectivity index (χ4v) is 4.43. The maximum absolute atomic E-state index is 12.8. The number of carbonyl (C=O) groups excluding carboxylic acids is 2. The summed E-state index contributed by atoms with van der Waals surface area (Å²) in [5.74, 6) is 0.965. The SMILES string of the molecule is Cc1ncc2c(c1CNC(=O)c1ccc3c(c1)OCO3)CCN(C(=O)/C=C/c1ccc(Cl)cc1)C2. The van der Waals surface area contributed by atoms with E-state index in [1.807, 2.05) is 25.3 Å². The molecule has 2 aliphatic heterocycles. The van der Waals surface area contributed by atoms with Crippen LogP contribution in [0.2, 0.25) is 5.02 Å². The van der Waals surface area contributed by atoms with Crippen LogP contribution in [0.1, 0.15) is 38.3 Å². The van der Waals surface area contributed by atoms with Crippen molar-refractivity contribution in [1.29, 1.82) is 0 Å². The van der Waals surface area contributed by atoms with E-state index >= 15 is 0 Å². The number of amides is 2. The number of fused-ring (bicyclic) bond motifs is 2. The number of benzene rings is 2. The van der Waals surface area contributed by atoms with Gasteiger partial charge < -0.3 is 19.7 Å². The number of aryl methyl sites for hydroxylation is 1. The molecule has 0 aliphatic carbocycles. The van der Waals surface area contributed by atoms with E-state index in [2.05, 4.69) is 10.3 Å². The van der Waals surface area contributed by atoms with E-state index in [4.69, 9.17) is 21.1 Å². The number of aromatic nitrogens is 1. The lowest BCUT2D eigenvalue weighted by atomic mass is 9.94. The Labute approximate surface area is 208 Å². The minimum absolute atomic E-state index is 0.0520. The number of hydrogen-bond acceptors (Lipinski definition) is 5. The zero-order valence-corrected chi connectivity index (χ0v) is 20.0. The molecule has 1 N–H and O–H groups in total. The summed E-state index contributed by atoms with van der Waals surface area (Å²) in [6.45, 7) is 3.55. The van der Waals surface area contributed by atoms with Crippen molar-refractivity contribution in [2.45, 2.75) is 26.4 Å². The normalized spacial score (nSPS) is 14.2. The first kappa shape index (κ1) is 22.9. The Balaban J connectivity index is 1.25. The fraction of sp³-hybridized carbons (Fsp3) is 0.222. The van der Waals surface area contributed by atoms with Gasteiger partial charge in [0.05, 0.1) is 0 Å². The molecule has 0 atom stereocenters. The first-order valence-corrected chi connectivity index (χ1v) is 11.7. The number of hydrogen-bond donors (Lipinski definition) is 1. The number of rotatable bonds is 5. The molecule has 3 aromatic rings. The molecule has 2 aliphatic rings. The molecule has 35 heavy (non-hydrogen) atoms. The Bertz CT molecular complexity index is 1320. The van der Waals surface area contributed by atoms with Crippen molar-refractivity contribution in [1.82, 2.24) is 15.2 Å². The van der Waals surface area contributed by atoms with E-state index in [9.17, 15) is 9.59 Å². The van der Waals surface area contributed by atoms with Gasteiger partial charge in [-0.15, -0.1) is 0 Å². The highest BCUT2D eigenvalue weighted by Gasteiger charge is 2.23. The molecule has 8 heteroatoms. The van der Waals surface area contributed by atoms with E-state index in [1.165, 1.54) is 0 Å². The quantitative estimate of drug-likeness (QED) is 0.540. The van der Waals surface area contributed by atoms with Gasteiger partial charge in [-0.3, -0.25) is 14.6 Å². The summed E-state index contributed by atoms with van der Waals surface area (Å²) in [5.41, 5.74) is 5.45. The molecule has 5 rings (SSSR count). The van der Waals surface area contributed by atoms with E-state index in [1.54, 1.807) is 47.4 Å². The van der Waals surface area contributed by atoms with Crippen LogP contribution in [0.4, 0.5) is 0 Å². The van der Waals surface area contributed by atoms with Crippen LogP contribution < -0.4 is 14.8 Å². The van der Waals surface area contributed by atoms with Crippen LogP contribution in [0.25, 0.3) is 6.08 Å². The maximum atomic E-state index is 12.8. The van der Waals surface area contributed by atoms with Crippen LogP contribution >= 0.6 is 11.6 Å². The van der Waals surface area contributed by atoms with Crippen LogP contribution in [0, 0.1) is 6.92 Å². The lowest BCUT2D eigenvalue weighted by Crippen LogP contribution is -2.36. The van der Waals surface area contributed by atoms with Gasteiger partial charge in [-0.1, -0.05) is 23.7 Å². The lowest BCUT2D eigenvalue weighted by Gasteiger charge is -2.30. The highest BCUT2D eigenvalue weighted by atomic mass is 35.5. The zero-order chi connectivity index (χ0) is 24.4. The maximum Gasteiger partial charge on any atom is 0.251 e. The predicted octanol–water partition coefficient (Wildman–Crippen LogP) is 4.30. The summed E-state index contributed by atoms with van der Waals surface area (Å²) in [6.07, 6.45) is 5.91. The lowest BCUT2D eigenvalue weighted by molar-refractivity contribution is -0.126. The number of pyridine rings is 1. The summed E-state index contributed by atoms with van der Waals surface area (Å²) >= 11 is 5.92. The molecular weight excluding hydrogens is 466 g/mol. The Morgan fingerprint density at radius 2 is 1.94 bits per heavy atom. The smallest absolute Gasteiger partial charge is 0.251 e. The second-order valence-corrected chi connectivity index (χ2v) is 8.91. The topological polar surface area (TPSA) is 80.8 Å². The predicted molar refractivity (Wildman–Crippen MR) is 132 cm³/mol. The molecule has 2 aromatic carbocycles. The van der Waals surface area contributed by atoms with Gasteiger partial charge in [-0.25, -0.2) is 0 Å². The fourth-order valence-electron chi connectivity index (χ4n) is 4.30. The second kappa shape index (κ2) is 9.80. The Kier molecular flexibility index (Phi) is 6.42. The Morgan fingerprint density at radius 1 is 1.14 bits per heavy atom. The van der Waals surface area contributed by atoms with E-state index in [0.29, 0.717) is 48.1 Å². The number of carbonyl (C=O) groups is 2. The number of halogens is 1. The van der Waals surface area contributed by atoms with Gasteiger partial charge in [0.2, 0.25) is 12.7 Å². The molecule has 178 valence electrons. The second-order valence-electron chi connectivity index (χ2n) is 8.47. The monoisotopic (exact) mass is 489 g/mol. The largest absolute Gasteiger partial charge is 0.454 e. The molecule has 0 saturated carbocycles. The summed E-state index contributed by atoms with van der Waals surface area (Å²) in [5, 5.41) is 3.66. The number of nitrogens with one attached hydrogen (secondary N) is 1. The van der Waals surface area contributed by atoms with Crippen LogP contribution in [-0.2, 0) is 24.3 Å². The highest BCUT2D eigenvalue weighted by molar-refractivity contribution is 6.30. The first-order valence-electron chi connectivity index (χ1n) is 11.3. The van der Waals surface area contributed by atoms with Crippen molar-refractivity contribution in [3.8, 4) is 11.5 Å². The molecule has 3 heterocycles. The molecule has 7 nitrogen and oxygen atoms in total. The molecule has 2 amide bonds. The third-order valence-electron chi connectivity index (χ3n) is 6.26. The minimum atomic E-state index is -0.194. The molecule has 0 unspecified atom stereocenters. The van der Waals surface area contributed by atoms with Crippen molar-refractivity contribution >= 4 is 29.5 Å². The average Bonchev–Trinajstić information content (AvgIpc) is 3.35. The van der Waals surface area contributed by atoms with Gasteiger partial charge in [-0.2, -0.15) is 0 Å². The van der Waals surface area contributed by atoms with Crippen molar-refractivity contribution in [2.24, 2.45) is 0 Å². The van der Waals surface area contributed by atoms with Crippen molar-refractivity contribution in [3.05, 3.63) is 93.3 Å². The van der Waals surface area contributed by atoms with Gasteiger partial charge in [0.1, 0.15) is 0 Å². The van der Waals surface area contributed by atoms with Gasteiger partial charge in [-0.05, 0) is 72.0 Å². The van der Waals surface area contributed by atoms with E-state index < -0.39 is 0 Å². The van der Waals surface area contributed by atoms with E-state index in [-0.39, 0.29) is 18.6 Å². The van der Waals surface area contributed by atoms with Crippen LogP contribution in [0.3, 0.4) is 0 Å². The third-order valence-corrected chi connectivity index (χ3v) is 6.51. The molecular formula is C27H24ClN3O4. The van der Waals surface area contributed by atoms with Gasteiger partial charge in [0.15, 0.2) is 11.5 Å². The molecule has 0 saturated heterocycles. The first-order chi connectivity index (χ1) is 17.0. The van der Waals surface area contributed by atoms with Crippen LogP contribution in [0.15, 0.2) is 54.7 Å². The van der Waals surface area contributed by atoms with Crippen LogP contribution in [0.5, 0.6) is 11.5 Å². The van der Waals surface area contributed by atoms with Crippen LogP contribution in [-0.4, -0.2) is 35.0 Å². The summed E-state index contributed by atoms with van der Waals surface area (Å²) in [4.78, 5) is 31.9. The molecule has 0 spiro atoms. The number of nitrogens with zero attached hydrogens (tertiary/aromatic N) is 2. The zero-order valence-electron chi connectivity index (χ0n) is 19.2. The minimum Gasteiger partial charge on any atom is -0.454 e. The van der Waals surface area contributed by atoms with Gasteiger partial charge in [0, 0.05) is 48.2 Å². The van der Waals surface area contributed by atoms with Gasteiger partial charge >= 0.3 is 0 Å². The van der Waals surface area contributed by atoms with Crippen molar-refractivity contribution in [3.63, 3.8) is 0 Å². The summed E-state index contributed by atoms with van der Waals surface area (Å²) < 4.78 is 10.7. The Hall–Kier alpha value is -3.84. The Morgan fingerprint density at radius 3 is 2.77 bits per heavy atom. The molecule has 0 bridgehead atoms. The van der Waals surface area contributed by atoms with Gasteiger partial charge in [0.25, 0.3) is 5.91 Å². The van der Waals surface area contributed by atoms with Crippen molar-refractivity contribution in [2.75, 3.05) is 13.3 Å². The average molecular weight is 490 g/mol. The summed E-state index contributed by atoms with van der Waals surface area (Å²) in [6, 6.07) is 12.5. The molecule has 0 radical (unpaired) electrons. The number of ether oxygens (including phenoxy) is 2. The van der Waals surface area contributed by atoms with E-state index in [0.717, 1.165) is 27.9 Å². The third kappa shape index (κ3) is 5.00. The summed E-state index contributed by atoms with van der Waals surface area (Å²) in [7, 11) is 0. The van der Waals surface area contributed by atoms with Crippen molar-refractivity contribution < 1.29 is 19.1 Å². The molecule has 0 fully saturated rings. The molecule has 1 aromatic heterocycles. The highest BCUT2D eigenvalue weighted by Crippen LogP contribution is 2.32. The standard InChI is InChI=1S/C27H24ClN3O4/c1-17-23(14-30-27(33)19-5-8-24-25(12-19)35-16-34-24)22-10-11-31(15-20(22)13-29-17)26(32)9-4-18-2-6-21(28)7-3-18/h2-9,12-13H,10-11,14-16H2,1H3,(H,30,33)/b9-4+.